The average Bonchev–Trinajstić information content (AvgIpc) is 3.06. The van der Waals surface area contributed by atoms with Crippen LogP contribution in [0.4, 0.5) is 8.78 Å². The molecule has 3 rings (SSSR count). The van der Waals surface area contributed by atoms with Crippen molar-refractivity contribution in [2.24, 2.45) is 5.92 Å². The minimum absolute atomic E-state index is 0.0478. The Balaban J connectivity index is 1.44. The van der Waals surface area contributed by atoms with Crippen LogP contribution in [0.5, 0.6) is 0 Å². The molecule has 6 heteroatoms. The van der Waals surface area contributed by atoms with Gasteiger partial charge in [0.2, 0.25) is 5.91 Å². The van der Waals surface area contributed by atoms with Crippen LogP contribution in [-0.4, -0.2) is 35.4 Å². The smallest absolute Gasteiger partial charge is 0.226 e. The number of nitrogens with zero attached hydrogens (tertiary/aromatic N) is 2. The lowest BCUT2D eigenvalue weighted by Gasteiger charge is -2.17. The first-order valence-electron chi connectivity index (χ1n) is 8.43. The first kappa shape index (κ1) is 17.5. The Hall–Kier alpha value is -2.34. The summed E-state index contributed by atoms with van der Waals surface area (Å²) in [6.07, 6.45) is 2.87. The fraction of sp³-hybridized carbons (Fsp3) is 0.368. The molecule has 1 saturated heterocycles. The molecule has 0 unspecified atom stereocenters. The van der Waals surface area contributed by atoms with Crippen LogP contribution in [0.1, 0.15) is 17.7 Å². The lowest BCUT2D eigenvalue weighted by atomic mass is 10.1. The van der Waals surface area contributed by atoms with Gasteiger partial charge in [-0.25, -0.2) is 8.78 Å². The van der Waals surface area contributed by atoms with Crippen molar-refractivity contribution in [1.29, 1.82) is 0 Å². The number of nitrogens with one attached hydrogen (secondary N) is 1. The molecular formula is C19H21F2N3O. The number of halogens is 2. The Labute approximate surface area is 145 Å². The molecular weight excluding hydrogens is 324 g/mol. The van der Waals surface area contributed by atoms with Gasteiger partial charge in [-0.2, -0.15) is 0 Å². The zero-order valence-corrected chi connectivity index (χ0v) is 13.9. The van der Waals surface area contributed by atoms with E-state index in [0.29, 0.717) is 24.6 Å². The maximum absolute atomic E-state index is 13.7. The third-order valence-corrected chi connectivity index (χ3v) is 4.45. The summed E-state index contributed by atoms with van der Waals surface area (Å²) < 4.78 is 27.0. The molecule has 0 bridgehead atoms. The van der Waals surface area contributed by atoms with Crippen LogP contribution in [0.2, 0.25) is 0 Å². The van der Waals surface area contributed by atoms with Crippen LogP contribution in [0, 0.1) is 17.6 Å². The Morgan fingerprint density at radius 1 is 1.24 bits per heavy atom. The monoisotopic (exact) mass is 345 g/mol. The minimum Gasteiger partial charge on any atom is -0.355 e. The van der Waals surface area contributed by atoms with E-state index in [1.54, 1.807) is 12.3 Å². The zero-order chi connectivity index (χ0) is 17.6. The number of hydrogen-bond donors (Lipinski definition) is 1. The Morgan fingerprint density at radius 3 is 2.92 bits per heavy atom. The fourth-order valence-electron chi connectivity index (χ4n) is 3.12. The Bertz CT molecular complexity index is 724. The van der Waals surface area contributed by atoms with Gasteiger partial charge in [0.25, 0.3) is 0 Å². The molecule has 2 aromatic rings. The number of rotatable bonds is 6. The number of benzene rings is 1. The van der Waals surface area contributed by atoms with Crippen molar-refractivity contribution in [1.82, 2.24) is 15.2 Å². The van der Waals surface area contributed by atoms with Crippen molar-refractivity contribution in [3.63, 3.8) is 0 Å². The number of pyridine rings is 1. The summed E-state index contributed by atoms with van der Waals surface area (Å²) in [5.41, 5.74) is 1.12. The Kier molecular flexibility index (Phi) is 5.71. The molecule has 1 N–H and O–H groups in total. The van der Waals surface area contributed by atoms with Gasteiger partial charge in [-0.05, 0) is 37.1 Å². The van der Waals surface area contributed by atoms with E-state index in [-0.39, 0.29) is 12.3 Å². The highest BCUT2D eigenvalue weighted by molar-refractivity contribution is 5.78. The summed E-state index contributed by atoms with van der Waals surface area (Å²) in [6.45, 7) is 2.56. The van der Waals surface area contributed by atoms with Crippen molar-refractivity contribution in [3.8, 4) is 0 Å². The van der Waals surface area contributed by atoms with Gasteiger partial charge in [0.1, 0.15) is 0 Å². The summed E-state index contributed by atoms with van der Waals surface area (Å²) >= 11 is 0. The van der Waals surface area contributed by atoms with Crippen molar-refractivity contribution in [2.75, 3.05) is 19.6 Å². The zero-order valence-electron chi connectivity index (χ0n) is 13.9. The van der Waals surface area contributed by atoms with Gasteiger partial charge in [-0.3, -0.25) is 14.7 Å². The van der Waals surface area contributed by atoms with Gasteiger partial charge in [0.15, 0.2) is 11.6 Å². The summed E-state index contributed by atoms with van der Waals surface area (Å²) in [5, 5.41) is 2.94. The molecule has 0 aliphatic carbocycles. The third kappa shape index (κ3) is 4.82. The maximum Gasteiger partial charge on any atom is 0.226 e. The average molecular weight is 345 g/mol. The van der Waals surface area contributed by atoms with Gasteiger partial charge >= 0.3 is 0 Å². The van der Waals surface area contributed by atoms with Crippen LogP contribution in [0.15, 0.2) is 42.6 Å². The van der Waals surface area contributed by atoms with Crippen molar-refractivity contribution in [3.05, 3.63) is 65.5 Å². The number of amides is 1. The highest BCUT2D eigenvalue weighted by Crippen LogP contribution is 2.20. The highest BCUT2D eigenvalue weighted by atomic mass is 19.2. The molecule has 1 aliphatic heterocycles. The fourth-order valence-corrected chi connectivity index (χ4v) is 3.12. The molecule has 0 spiro atoms. The molecule has 1 aromatic heterocycles. The summed E-state index contributed by atoms with van der Waals surface area (Å²) in [4.78, 5) is 18.2. The van der Waals surface area contributed by atoms with Crippen LogP contribution < -0.4 is 5.32 Å². The second kappa shape index (κ2) is 8.16. The van der Waals surface area contributed by atoms with Gasteiger partial charge in [-0.1, -0.05) is 18.2 Å². The van der Waals surface area contributed by atoms with Crippen LogP contribution in [0.3, 0.4) is 0 Å². The van der Waals surface area contributed by atoms with E-state index in [1.165, 1.54) is 6.07 Å². The lowest BCUT2D eigenvalue weighted by Crippen LogP contribution is -2.32. The van der Waals surface area contributed by atoms with E-state index in [2.05, 4.69) is 15.2 Å². The standard InChI is InChI=1S/C19H21F2N3O/c20-17-6-3-4-15(19(17)21)13-24-9-7-14(12-24)11-23-18(25)10-16-5-1-2-8-22-16/h1-6,8,14H,7,9-13H2,(H,23,25)/t14-/m1/s1. The van der Waals surface area contributed by atoms with Gasteiger partial charge in [0, 0.05) is 37.1 Å². The van der Waals surface area contributed by atoms with E-state index >= 15 is 0 Å². The van der Waals surface area contributed by atoms with Gasteiger partial charge in [-0.15, -0.1) is 0 Å². The van der Waals surface area contributed by atoms with Crippen molar-refractivity contribution >= 4 is 5.91 Å². The summed E-state index contributed by atoms with van der Waals surface area (Å²) in [6, 6.07) is 9.76. The van der Waals surface area contributed by atoms with E-state index in [0.717, 1.165) is 31.3 Å². The molecule has 132 valence electrons. The van der Waals surface area contributed by atoms with E-state index in [9.17, 15) is 13.6 Å². The van der Waals surface area contributed by atoms with Crippen molar-refractivity contribution in [2.45, 2.75) is 19.4 Å². The first-order chi connectivity index (χ1) is 12.1. The molecule has 1 amide bonds. The van der Waals surface area contributed by atoms with Crippen molar-refractivity contribution < 1.29 is 13.6 Å². The number of carbonyl (C=O) groups is 1. The van der Waals surface area contributed by atoms with Gasteiger partial charge < -0.3 is 5.32 Å². The largest absolute Gasteiger partial charge is 0.355 e. The molecule has 0 radical (unpaired) electrons. The minimum atomic E-state index is -0.810. The lowest BCUT2D eigenvalue weighted by molar-refractivity contribution is -0.120. The van der Waals surface area contributed by atoms with Gasteiger partial charge in [0.05, 0.1) is 6.42 Å². The number of carbonyl (C=O) groups excluding carboxylic acids is 1. The van der Waals surface area contributed by atoms with Crippen LogP contribution >= 0.6 is 0 Å². The molecule has 0 saturated carbocycles. The molecule has 1 aliphatic rings. The van der Waals surface area contributed by atoms with E-state index < -0.39 is 11.6 Å². The molecule has 1 aromatic carbocycles. The summed E-state index contributed by atoms with van der Waals surface area (Å²) in [5.74, 6) is -1.30. The molecule has 1 atom stereocenters. The molecule has 2 heterocycles. The van der Waals surface area contributed by atoms with Crippen LogP contribution in [0.25, 0.3) is 0 Å². The molecule has 1 fully saturated rings. The molecule has 4 nitrogen and oxygen atoms in total. The third-order valence-electron chi connectivity index (χ3n) is 4.45. The highest BCUT2D eigenvalue weighted by Gasteiger charge is 2.24. The SMILES string of the molecule is O=C(Cc1ccccn1)NC[C@H]1CCN(Cc2cccc(F)c2F)C1. The molecule has 25 heavy (non-hydrogen) atoms. The summed E-state index contributed by atoms with van der Waals surface area (Å²) in [7, 11) is 0. The maximum atomic E-state index is 13.7. The topological polar surface area (TPSA) is 45.2 Å². The number of hydrogen-bond acceptors (Lipinski definition) is 3. The normalized spacial score (nSPS) is 17.6. The van der Waals surface area contributed by atoms with Crippen LogP contribution in [-0.2, 0) is 17.8 Å². The first-order valence-corrected chi connectivity index (χ1v) is 8.43. The second-order valence-corrected chi connectivity index (χ2v) is 6.40. The van der Waals surface area contributed by atoms with E-state index in [4.69, 9.17) is 0 Å². The quantitative estimate of drug-likeness (QED) is 0.875. The number of likely N-dealkylation sites (tertiary alicyclic amines) is 1. The number of aromatic nitrogens is 1. The Morgan fingerprint density at radius 2 is 2.12 bits per heavy atom. The predicted molar refractivity (Wildman–Crippen MR) is 90.7 cm³/mol. The predicted octanol–water partition coefficient (Wildman–Crippen LogP) is 2.54. The second-order valence-electron chi connectivity index (χ2n) is 6.40. The van der Waals surface area contributed by atoms with E-state index in [1.807, 2.05) is 18.2 Å².